The van der Waals surface area contributed by atoms with Crippen LogP contribution in [0.5, 0.6) is 0 Å². The molecule has 1 atom stereocenters. The van der Waals surface area contributed by atoms with Crippen molar-refractivity contribution in [2.75, 3.05) is 49.9 Å². The number of likely N-dealkylation sites (tertiary alicyclic amines) is 1. The van der Waals surface area contributed by atoms with Crippen molar-refractivity contribution in [3.05, 3.63) is 18.2 Å². The van der Waals surface area contributed by atoms with E-state index < -0.39 is 10.0 Å². The number of nitrogens with one attached hydrogen (secondary N) is 1. The first-order valence-corrected chi connectivity index (χ1v) is 14.8. The lowest BCUT2D eigenvalue weighted by Gasteiger charge is -2.33. The van der Waals surface area contributed by atoms with Gasteiger partial charge >= 0.3 is 0 Å². The van der Waals surface area contributed by atoms with E-state index in [1.54, 1.807) is 18.2 Å². The number of piperidine rings is 2. The number of hydrogen-bond acceptors (Lipinski definition) is 6. The SMILES string of the molecule is CC1CCN(S(=O)(=O)c2ccc3c(c2)N(CC(=O)NCCN2CCCC[C@@H]2C)C(=O)CS3)CC1. The summed E-state index contributed by atoms with van der Waals surface area (Å²) in [4.78, 5) is 30.2. The fourth-order valence-electron chi connectivity index (χ4n) is 4.92. The number of carbonyl (C=O) groups excluding carboxylic acids is 2. The Morgan fingerprint density at radius 2 is 1.88 bits per heavy atom. The van der Waals surface area contributed by atoms with Gasteiger partial charge in [-0.05, 0) is 63.3 Å². The van der Waals surface area contributed by atoms with Crippen LogP contribution in [0.2, 0.25) is 0 Å². The first-order valence-electron chi connectivity index (χ1n) is 12.3. The Hall–Kier alpha value is -1.62. The molecule has 10 heteroatoms. The second-order valence-corrected chi connectivity index (χ2v) is 12.7. The highest BCUT2D eigenvalue weighted by Gasteiger charge is 2.32. The van der Waals surface area contributed by atoms with Gasteiger partial charge in [-0.25, -0.2) is 8.42 Å². The quantitative estimate of drug-likeness (QED) is 0.609. The molecule has 0 saturated carbocycles. The van der Waals surface area contributed by atoms with Crippen molar-refractivity contribution in [1.82, 2.24) is 14.5 Å². The van der Waals surface area contributed by atoms with Crippen molar-refractivity contribution in [2.24, 2.45) is 5.92 Å². The summed E-state index contributed by atoms with van der Waals surface area (Å²) < 4.78 is 28.0. The number of fused-ring (bicyclic) bond motifs is 1. The highest BCUT2D eigenvalue weighted by molar-refractivity contribution is 8.00. The van der Waals surface area contributed by atoms with Gasteiger partial charge in [0.2, 0.25) is 21.8 Å². The summed E-state index contributed by atoms with van der Waals surface area (Å²) in [6.45, 7) is 7.66. The van der Waals surface area contributed by atoms with Crippen LogP contribution in [0, 0.1) is 5.92 Å². The van der Waals surface area contributed by atoms with Gasteiger partial charge in [0.25, 0.3) is 0 Å². The molecule has 4 rings (SSSR count). The molecule has 3 aliphatic heterocycles. The zero-order valence-corrected chi connectivity index (χ0v) is 21.8. The van der Waals surface area contributed by atoms with Gasteiger partial charge in [0, 0.05) is 37.1 Å². The molecule has 3 heterocycles. The first-order chi connectivity index (χ1) is 16.3. The van der Waals surface area contributed by atoms with E-state index in [1.807, 2.05) is 0 Å². The molecule has 1 N–H and O–H groups in total. The van der Waals surface area contributed by atoms with Crippen molar-refractivity contribution in [3.63, 3.8) is 0 Å². The van der Waals surface area contributed by atoms with E-state index in [1.165, 1.54) is 40.2 Å². The highest BCUT2D eigenvalue weighted by Crippen LogP contribution is 2.37. The van der Waals surface area contributed by atoms with Crippen LogP contribution in [0.25, 0.3) is 0 Å². The van der Waals surface area contributed by atoms with E-state index in [2.05, 4.69) is 24.1 Å². The summed E-state index contributed by atoms with van der Waals surface area (Å²) in [5, 5.41) is 2.94. The maximum absolute atomic E-state index is 13.2. The third-order valence-corrected chi connectivity index (χ3v) is 10.2. The van der Waals surface area contributed by atoms with Gasteiger partial charge in [-0.3, -0.25) is 14.5 Å². The Morgan fingerprint density at radius 1 is 1.12 bits per heavy atom. The van der Waals surface area contributed by atoms with Crippen molar-refractivity contribution < 1.29 is 18.0 Å². The lowest BCUT2D eigenvalue weighted by atomic mass is 10.0. The number of carbonyl (C=O) groups is 2. The molecular formula is C24H36N4O4S2. The van der Waals surface area contributed by atoms with Crippen LogP contribution < -0.4 is 10.2 Å². The van der Waals surface area contributed by atoms with E-state index in [9.17, 15) is 18.0 Å². The molecule has 0 radical (unpaired) electrons. The Bertz CT molecular complexity index is 1010. The summed E-state index contributed by atoms with van der Waals surface area (Å²) in [6, 6.07) is 5.47. The molecule has 3 aliphatic rings. The fourth-order valence-corrected chi connectivity index (χ4v) is 7.32. The van der Waals surface area contributed by atoms with Crippen LogP contribution in [0.15, 0.2) is 28.0 Å². The molecule has 0 unspecified atom stereocenters. The molecule has 2 fully saturated rings. The lowest BCUT2D eigenvalue weighted by Crippen LogP contribution is -2.46. The normalized spacial score (nSPS) is 23.1. The van der Waals surface area contributed by atoms with E-state index in [0.717, 1.165) is 30.8 Å². The van der Waals surface area contributed by atoms with Crippen molar-refractivity contribution in [2.45, 2.75) is 61.8 Å². The maximum atomic E-state index is 13.2. The van der Waals surface area contributed by atoms with Crippen LogP contribution in [-0.2, 0) is 19.6 Å². The molecule has 0 spiro atoms. The standard InChI is InChI=1S/C24H36N4O4S2/c1-18-8-12-27(13-9-18)34(31,32)20-6-7-22-21(15-20)28(24(30)17-33-22)16-23(29)25-10-14-26-11-4-3-5-19(26)2/h6-7,15,18-19H,3-5,8-14,16-17H2,1-2H3,(H,25,29)/t19-/m0/s1. The van der Waals surface area contributed by atoms with Crippen molar-refractivity contribution in [3.8, 4) is 0 Å². The third-order valence-electron chi connectivity index (χ3n) is 7.22. The van der Waals surface area contributed by atoms with Crippen molar-refractivity contribution >= 4 is 39.3 Å². The predicted molar refractivity (Wildman–Crippen MR) is 135 cm³/mol. The number of thioether (sulfide) groups is 1. The fraction of sp³-hybridized carbons (Fsp3) is 0.667. The predicted octanol–water partition coefficient (Wildman–Crippen LogP) is 2.54. The van der Waals surface area contributed by atoms with Gasteiger partial charge in [-0.2, -0.15) is 4.31 Å². The number of amides is 2. The molecule has 0 aromatic heterocycles. The molecule has 1 aromatic rings. The largest absolute Gasteiger partial charge is 0.353 e. The second-order valence-electron chi connectivity index (χ2n) is 9.72. The van der Waals surface area contributed by atoms with Gasteiger partial charge in [0.15, 0.2) is 0 Å². The zero-order valence-electron chi connectivity index (χ0n) is 20.2. The topological polar surface area (TPSA) is 90.0 Å². The average Bonchev–Trinajstić information content (AvgIpc) is 2.82. The Labute approximate surface area is 207 Å². The number of anilines is 1. The lowest BCUT2D eigenvalue weighted by molar-refractivity contribution is -0.123. The summed E-state index contributed by atoms with van der Waals surface area (Å²) in [7, 11) is -3.64. The zero-order chi connectivity index (χ0) is 24.3. The molecule has 2 amide bonds. The smallest absolute Gasteiger partial charge is 0.243 e. The number of benzene rings is 1. The number of hydrogen-bond donors (Lipinski definition) is 1. The van der Waals surface area contributed by atoms with Crippen LogP contribution in [0.3, 0.4) is 0 Å². The van der Waals surface area contributed by atoms with E-state index in [-0.39, 0.29) is 29.0 Å². The molecule has 0 bridgehead atoms. The Kier molecular flexibility index (Phi) is 8.22. The van der Waals surface area contributed by atoms with E-state index in [0.29, 0.717) is 37.3 Å². The first kappa shape index (κ1) is 25.5. The summed E-state index contributed by atoms with van der Waals surface area (Å²) in [5.74, 6) is 0.353. The third kappa shape index (κ3) is 5.78. The van der Waals surface area contributed by atoms with Crippen LogP contribution >= 0.6 is 11.8 Å². The van der Waals surface area contributed by atoms with Gasteiger partial charge in [0.05, 0.1) is 16.3 Å². The molecule has 1 aromatic carbocycles. The molecule has 34 heavy (non-hydrogen) atoms. The molecule has 0 aliphatic carbocycles. The Morgan fingerprint density at radius 3 is 2.62 bits per heavy atom. The minimum Gasteiger partial charge on any atom is -0.353 e. The molecule has 2 saturated heterocycles. The summed E-state index contributed by atoms with van der Waals surface area (Å²) in [5.41, 5.74) is 0.507. The van der Waals surface area contributed by atoms with E-state index in [4.69, 9.17) is 0 Å². The van der Waals surface area contributed by atoms with E-state index >= 15 is 0 Å². The molecule has 188 valence electrons. The highest BCUT2D eigenvalue weighted by atomic mass is 32.2. The number of sulfonamides is 1. The summed E-state index contributed by atoms with van der Waals surface area (Å²) >= 11 is 1.38. The van der Waals surface area contributed by atoms with Gasteiger partial charge in [-0.15, -0.1) is 11.8 Å². The monoisotopic (exact) mass is 508 g/mol. The molecular weight excluding hydrogens is 472 g/mol. The number of nitrogens with zero attached hydrogens (tertiary/aromatic N) is 3. The van der Waals surface area contributed by atoms with Crippen LogP contribution in [0.1, 0.15) is 46.0 Å². The van der Waals surface area contributed by atoms with Gasteiger partial charge in [0.1, 0.15) is 6.54 Å². The van der Waals surface area contributed by atoms with Crippen molar-refractivity contribution in [1.29, 1.82) is 0 Å². The van der Waals surface area contributed by atoms with Gasteiger partial charge in [-0.1, -0.05) is 13.3 Å². The van der Waals surface area contributed by atoms with Crippen LogP contribution in [-0.4, -0.2) is 80.5 Å². The van der Waals surface area contributed by atoms with Gasteiger partial charge < -0.3 is 10.2 Å². The minimum absolute atomic E-state index is 0.104. The number of rotatable bonds is 7. The van der Waals surface area contributed by atoms with Crippen LogP contribution in [0.4, 0.5) is 5.69 Å². The minimum atomic E-state index is -3.64. The average molecular weight is 509 g/mol. The molecule has 8 nitrogen and oxygen atoms in total. The Balaban J connectivity index is 1.43. The summed E-state index contributed by atoms with van der Waals surface area (Å²) in [6.07, 6.45) is 5.33. The second kappa shape index (κ2) is 11.0. The maximum Gasteiger partial charge on any atom is 0.243 e.